The van der Waals surface area contributed by atoms with E-state index in [1.807, 2.05) is 18.2 Å². The highest BCUT2D eigenvalue weighted by Gasteiger charge is 2.15. The van der Waals surface area contributed by atoms with Crippen LogP contribution in [0.25, 0.3) is 0 Å². The Kier molecular flexibility index (Phi) is 4.20. The average molecular weight is 261 g/mol. The molecule has 1 aromatic carbocycles. The van der Waals surface area contributed by atoms with Crippen molar-refractivity contribution in [3.05, 3.63) is 34.9 Å². The van der Waals surface area contributed by atoms with Gasteiger partial charge in [0.25, 0.3) is 5.91 Å². The van der Waals surface area contributed by atoms with E-state index in [-0.39, 0.29) is 18.4 Å². The number of fused-ring (bicyclic) bond motifs is 1. The minimum atomic E-state index is -0.904. The summed E-state index contributed by atoms with van der Waals surface area (Å²) < 4.78 is 0. The Morgan fingerprint density at radius 1 is 1.26 bits per heavy atom. The molecule has 4 heteroatoms. The monoisotopic (exact) mass is 261 g/mol. The van der Waals surface area contributed by atoms with Crippen molar-refractivity contribution in [1.82, 2.24) is 5.32 Å². The molecule has 0 spiro atoms. The number of carboxylic acid groups (broad SMARTS) is 1. The molecule has 2 N–H and O–H groups in total. The number of rotatable bonds is 4. The zero-order valence-electron chi connectivity index (χ0n) is 11.1. The summed E-state index contributed by atoms with van der Waals surface area (Å²) >= 11 is 0. The Morgan fingerprint density at radius 2 is 1.95 bits per heavy atom. The highest BCUT2D eigenvalue weighted by molar-refractivity contribution is 5.94. The third kappa shape index (κ3) is 3.56. The van der Waals surface area contributed by atoms with Gasteiger partial charge in [-0.25, -0.2) is 0 Å². The van der Waals surface area contributed by atoms with Crippen molar-refractivity contribution in [1.29, 1.82) is 0 Å². The fourth-order valence-corrected chi connectivity index (χ4v) is 2.49. The van der Waals surface area contributed by atoms with Gasteiger partial charge in [-0.15, -0.1) is 0 Å². The van der Waals surface area contributed by atoms with Crippen LogP contribution in [0.1, 0.15) is 47.7 Å². The summed E-state index contributed by atoms with van der Waals surface area (Å²) in [7, 11) is 0. The van der Waals surface area contributed by atoms with Crippen molar-refractivity contribution in [2.45, 2.75) is 45.1 Å². The summed E-state index contributed by atoms with van der Waals surface area (Å²) in [6, 6.07) is 5.43. The molecule has 4 nitrogen and oxygen atoms in total. The van der Waals surface area contributed by atoms with Crippen molar-refractivity contribution in [3.8, 4) is 0 Å². The van der Waals surface area contributed by atoms with E-state index >= 15 is 0 Å². The van der Waals surface area contributed by atoms with Crippen LogP contribution in [-0.4, -0.2) is 23.0 Å². The molecule has 1 amide bonds. The number of carbonyl (C=O) groups excluding carboxylic acids is 1. The van der Waals surface area contributed by atoms with Gasteiger partial charge in [0.1, 0.15) is 0 Å². The Labute approximate surface area is 112 Å². The maximum absolute atomic E-state index is 12.0. The maximum Gasteiger partial charge on any atom is 0.305 e. The molecule has 0 radical (unpaired) electrons. The smallest absolute Gasteiger partial charge is 0.305 e. The molecule has 1 aliphatic carbocycles. The maximum atomic E-state index is 12.0. The average Bonchev–Trinajstić information content (AvgIpc) is 2.37. The van der Waals surface area contributed by atoms with Gasteiger partial charge >= 0.3 is 5.97 Å². The fraction of sp³-hybridized carbons (Fsp3) is 0.467. The molecule has 1 aliphatic rings. The van der Waals surface area contributed by atoms with Crippen LogP contribution in [0.2, 0.25) is 0 Å². The highest BCUT2D eigenvalue weighted by Crippen LogP contribution is 2.22. The lowest BCUT2D eigenvalue weighted by Gasteiger charge is -2.17. The van der Waals surface area contributed by atoms with Crippen molar-refractivity contribution in [2.24, 2.45) is 0 Å². The first-order valence-corrected chi connectivity index (χ1v) is 6.70. The molecule has 0 saturated carbocycles. The van der Waals surface area contributed by atoms with Crippen LogP contribution in [0.4, 0.5) is 0 Å². The SMILES string of the molecule is CC(CC(=O)O)NC(=O)c1ccc2c(c1)CCCC2. The lowest BCUT2D eigenvalue weighted by Crippen LogP contribution is -2.34. The van der Waals surface area contributed by atoms with E-state index in [1.54, 1.807) is 6.92 Å². The molecule has 0 heterocycles. The second kappa shape index (κ2) is 5.87. The van der Waals surface area contributed by atoms with Crippen LogP contribution in [0, 0.1) is 0 Å². The first-order chi connectivity index (χ1) is 9.06. The van der Waals surface area contributed by atoms with Crippen LogP contribution in [0.3, 0.4) is 0 Å². The first kappa shape index (κ1) is 13.6. The Morgan fingerprint density at radius 3 is 2.63 bits per heavy atom. The molecule has 0 saturated heterocycles. The number of aliphatic carboxylic acids is 1. The molecule has 0 aliphatic heterocycles. The van der Waals surface area contributed by atoms with E-state index in [4.69, 9.17) is 5.11 Å². The Hall–Kier alpha value is -1.84. The summed E-state index contributed by atoms with van der Waals surface area (Å²) in [6.45, 7) is 1.70. The van der Waals surface area contributed by atoms with Gasteiger partial charge in [0, 0.05) is 11.6 Å². The summed E-state index contributed by atoms with van der Waals surface area (Å²) in [5.41, 5.74) is 3.21. The quantitative estimate of drug-likeness (QED) is 0.872. The van der Waals surface area contributed by atoms with E-state index < -0.39 is 5.97 Å². The zero-order valence-corrected chi connectivity index (χ0v) is 11.1. The van der Waals surface area contributed by atoms with Gasteiger partial charge in [-0.1, -0.05) is 6.07 Å². The van der Waals surface area contributed by atoms with E-state index in [0.717, 1.165) is 12.8 Å². The lowest BCUT2D eigenvalue weighted by atomic mass is 9.90. The molecular formula is C15H19NO3. The molecule has 102 valence electrons. The Balaban J connectivity index is 2.05. The standard InChI is InChI=1S/C15H19NO3/c1-10(8-14(17)18)16-15(19)13-7-6-11-4-2-3-5-12(11)9-13/h6-7,9-10H,2-5,8H2,1H3,(H,16,19)(H,17,18). The van der Waals surface area contributed by atoms with Crippen LogP contribution >= 0.6 is 0 Å². The molecule has 1 unspecified atom stereocenters. The molecule has 2 rings (SSSR count). The predicted octanol–water partition coefficient (Wildman–Crippen LogP) is 2.16. The van der Waals surface area contributed by atoms with Gasteiger partial charge in [-0.05, 0) is 55.9 Å². The molecule has 1 aromatic rings. The zero-order chi connectivity index (χ0) is 13.8. The van der Waals surface area contributed by atoms with Gasteiger partial charge in [-0.2, -0.15) is 0 Å². The number of hydrogen-bond acceptors (Lipinski definition) is 2. The van der Waals surface area contributed by atoms with Gasteiger partial charge < -0.3 is 10.4 Å². The third-order valence-corrected chi connectivity index (χ3v) is 3.47. The first-order valence-electron chi connectivity index (χ1n) is 6.70. The van der Waals surface area contributed by atoms with E-state index in [0.29, 0.717) is 5.56 Å². The van der Waals surface area contributed by atoms with Gasteiger partial charge in [0.2, 0.25) is 0 Å². The van der Waals surface area contributed by atoms with Crippen molar-refractivity contribution >= 4 is 11.9 Å². The predicted molar refractivity (Wildman–Crippen MR) is 72.3 cm³/mol. The van der Waals surface area contributed by atoms with Crippen molar-refractivity contribution < 1.29 is 14.7 Å². The third-order valence-electron chi connectivity index (χ3n) is 3.47. The van der Waals surface area contributed by atoms with Gasteiger partial charge in [0.05, 0.1) is 6.42 Å². The normalized spacial score (nSPS) is 15.4. The number of carbonyl (C=O) groups is 2. The molecular weight excluding hydrogens is 242 g/mol. The van der Waals surface area contributed by atoms with Gasteiger partial charge in [0.15, 0.2) is 0 Å². The molecule has 0 bridgehead atoms. The van der Waals surface area contributed by atoms with Crippen molar-refractivity contribution in [3.63, 3.8) is 0 Å². The summed E-state index contributed by atoms with van der Waals surface area (Å²) in [4.78, 5) is 22.6. The molecule has 1 atom stereocenters. The fourth-order valence-electron chi connectivity index (χ4n) is 2.49. The Bertz CT molecular complexity index is 496. The number of aryl methyl sites for hydroxylation is 2. The molecule has 0 fully saturated rings. The lowest BCUT2D eigenvalue weighted by molar-refractivity contribution is -0.137. The van der Waals surface area contributed by atoms with Crippen LogP contribution in [0.5, 0.6) is 0 Å². The highest BCUT2D eigenvalue weighted by atomic mass is 16.4. The minimum absolute atomic E-state index is 0.0588. The summed E-state index contributed by atoms with van der Waals surface area (Å²) in [5.74, 6) is -1.10. The van der Waals surface area contributed by atoms with Crippen molar-refractivity contribution in [2.75, 3.05) is 0 Å². The number of nitrogens with one attached hydrogen (secondary N) is 1. The number of hydrogen-bond donors (Lipinski definition) is 2. The van der Waals surface area contributed by atoms with E-state index in [9.17, 15) is 9.59 Å². The second-order valence-electron chi connectivity index (χ2n) is 5.16. The van der Waals surface area contributed by atoms with Gasteiger partial charge in [-0.3, -0.25) is 9.59 Å². The summed E-state index contributed by atoms with van der Waals surface area (Å²) in [6.07, 6.45) is 4.45. The van der Waals surface area contributed by atoms with E-state index in [2.05, 4.69) is 5.32 Å². The van der Waals surface area contributed by atoms with E-state index in [1.165, 1.54) is 24.0 Å². The number of amides is 1. The van der Waals surface area contributed by atoms with Crippen LogP contribution < -0.4 is 5.32 Å². The molecule has 19 heavy (non-hydrogen) atoms. The second-order valence-corrected chi connectivity index (χ2v) is 5.16. The number of benzene rings is 1. The molecule has 0 aromatic heterocycles. The number of carboxylic acids is 1. The van der Waals surface area contributed by atoms with Crippen LogP contribution in [-0.2, 0) is 17.6 Å². The summed E-state index contributed by atoms with van der Waals surface area (Å²) in [5, 5.41) is 11.4. The largest absolute Gasteiger partial charge is 0.481 e. The van der Waals surface area contributed by atoms with Crippen LogP contribution in [0.15, 0.2) is 18.2 Å². The minimum Gasteiger partial charge on any atom is -0.481 e. The topological polar surface area (TPSA) is 66.4 Å².